The molecule has 3 heterocycles. The van der Waals surface area contributed by atoms with E-state index in [2.05, 4.69) is 49.7 Å². The molecule has 4 N–H and O–H groups in total. The zero-order valence-electron chi connectivity index (χ0n) is 25.8. The molecule has 3 aromatic rings. The first-order valence-corrected chi connectivity index (χ1v) is 16.1. The summed E-state index contributed by atoms with van der Waals surface area (Å²) in [6.07, 6.45) is 10.7. The van der Waals surface area contributed by atoms with E-state index in [4.69, 9.17) is 4.98 Å². The number of nitrogens with zero attached hydrogens (tertiary/aromatic N) is 4. The summed E-state index contributed by atoms with van der Waals surface area (Å²) >= 11 is 0. The van der Waals surface area contributed by atoms with Gasteiger partial charge in [0.2, 0.25) is 5.95 Å². The number of carbonyl (C=O) groups is 2. The molecular weight excluding hydrogens is 566 g/mol. The van der Waals surface area contributed by atoms with Crippen LogP contribution in [0.5, 0.6) is 0 Å². The fourth-order valence-electron chi connectivity index (χ4n) is 5.82. The van der Waals surface area contributed by atoms with Crippen molar-refractivity contribution in [3.8, 4) is 11.8 Å². The lowest BCUT2D eigenvalue weighted by Crippen LogP contribution is -2.43. The van der Waals surface area contributed by atoms with E-state index < -0.39 is 0 Å². The number of amides is 1. The largest absolute Gasteiger partial charge is 0.393 e. The highest BCUT2D eigenvalue weighted by molar-refractivity contribution is 5.99. The number of nitrogens with one attached hydrogen (secondary N) is 3. The zero-order chi connectivity index (χ0) is 31.2. The van der Waals surface area contributed by atoms with Crippen molar-refractivity contribution in [2.45, 2.75) is 76.0 Å². The number of carbonyl (C=O) groups excluding carboxylic acids is 2. The molecular formula is C35H41N7O3. The SMILES string of the molecule is CN1CCC(NC(=O)c2cnc(Nc3ccc(C#Cc4cc(C(=O)CC5CC5)ccn4)cc3)nc2NC2CCC(O)CC2)CC1. The molecule has 2 aliphatic carbocycles. The minimum atomic E-state index is -0.270. The van der Waals surface area contributed by atoms with Crippen LogP contribution in [0.3, 0.4) is 0 Å². The molecule has 234 valence electrons. The minimum Gasteiger partial charge on any atom is -0.393 e. The zero-order valence-corrected chi connectivity index (χ0v) is 25.8. The summed E-state index contributed by atoms with van der Waals surface area (Å²) in [6, 6.07) is 11.4. The number of hydrogen-bond acceptors (Lipinski definition) is 9. The Hall–Kier alpha value is -4.33. The number of pyridine rings is 1. The molecule has 0 atom stereocenters. The van der Waals surface area contributed by atoms with Gasteiger partial charge in [-0.1, -0.05) is 5.92 Å². The molecule has 0 spiro atoms. The van der Waals surface area contributed by atoms with Gasteiger partial charge in [0.15, 0.2) is 5.78 Å². The maximum atomic E-state index is 13.3. The summed E-state index contributed by atoms with van der Waals surface area (Å²) in [4.78, 5) is 41.6. The van der Waals surface area contributed by atoms with Crippen molar-refractivity contribution in [2.75, 3.05) is 30.8 Å². The van der Waals surface area contributed by atoms with Crippen LogP contribution in [0, 0.1) is 17.8 Å². The molecule has 3 fully saturated rings. The smallest absolute Gasteiger partial charge is 0.256 e. The van der Waals surface area contributed by atoms with Crippen molar-refractivity contribution in [3.05, 3.63) is 71.2 Å². The second kappa shape index (κ2) is 14.2. The second-order valence-corrected chi connectivity index (χ2v) is 12.6. The van der Waals surface area contributed by atoms with Crippen molar-refractivity contribution in [2.24, 2.45) is 5.92 Å². The number of rotatable bonds is 9. The number of benzene rings is 1. The molecule has 0 radical (unpaired) electrons. The number of aliphatic hydroxyl groups excluding tert-OH is 1. The summed E-state index contributed by atoms with van der Waals surface area (Å²) in [7, 11) is 2.10. The number of Topliss-reactive ketones (excluding diaryl/α,β-unsaturated/α-hetero) is 1. The van der Waals surface area contributed by atoms with Gasteiger partial charge in [0.05, 0.1) is 6.10 Å². The molecule has 0 unspecified atom stereocenters. The van der Waals surface area contributed by atoms with Crippen molar-refractivity contribution >= 4 is 29.1 Å². The fraction of sp³-hybridized carbons (Fsp3) is 0.457. The van der Waals surface area contributed by atoms with Crippen LogP contribution < -0.4 is 16.0 Å². The third kappa shape index (κ3) is 8.65. The normalized spacial score (nSPS) is 20.5. The molecule has 45 heavy (non-hydrogen) atoms. The average Bonchev–Trinajstić information content (AvgIpc) is 3.87. The fourth-order valence-corrected chi connectivity index (χ4v) is 5.82. The third-order valence-corrected chi connectivity index (χ3v) is 8.85. The maximum absolute atomic E-state index is 13.3. The molecule has 1 aromatic carbocycles. The first kappa shape index (κ1) is 30.7. The van der Waals surface area contributed by atoms with Gasteiger partial charge in [-0.3, -0.25) is 9.59 Å². The van der Waals surface area contributed by atoms with E-state index in [1.165, 1.54) is 0 Å². The number of anilines is 3. The van der Waals surface area contributed by atoms with E-state index in [0.717, 1.165) is 75.7 Å². The standard InChI is InChI=1S/C35H41N7O3/c1-42-18-15-28(16-19-42)39-34(45)31-22-37-35(41-33(31)38-26-10-12-30(43)13-11-26)40-27-7-4-23(5-8-27)6-9-29-21-25(14-17-36-29)32(44)20-24-2-3-24/h4-5,7-8,14,17,21-22,24,26,28,30,43H,2-3,10-13,15-16,18-20H2,1H3,(H,39,45)(H2,37,38,40,41). The lowest BCUT2D eigenvalue weighted by molar-refractivity contribution is 0.0915. The van der Waals surface area contributed by atoms with Gasteiger partial charge >= 0.3 is 0 Å². The van der Waals surface area contributed by atoms with E-state index in [1.807, 2.05) is 24.3 Å². The first-order chi connectivity index (χ1) is 21.9. The van der Waals surface area contributed by atoms with E-state index in [9.17, 15) is 14.7 Å². The topological polar surface area (TPSA) is 132 Å². The quantitative estimate of drug-likeness (QED) is 0.205. The Bertz CT molecular complexity index is 1560. The number of piperidine rings is 1. The molecule has 6 rings (SSSR count). The van der Waals surface area contributed by atoms with E-state index in [-0.39, 0.29) is 29.9 Å². The molecule has 1 aliphatic heterocycles. The first-order valence-electron chi connectivity index (χ1n) is 16.1. The van der Waals surface area contributed by atoms with Crippen LogP contribution in [0.2, 0.25) is 0 Å². The Labute approximate surface area is 264 Å². The van der Waals surface area contributed by atoms with E-state index in [1.54, 1.807) is 24.5 Å². The van der Waals surface area contributed by atoms with Crippen LogP contribution in [0.15, 0.2) is 48.8 Å². The highest BCUT2D eigenvalue weighted by atomic mass is 16.3. The van der Waals surface area contributed by atoms with Crippen LogP contribution in [0.4, 0.5) is 17.5 Å². The van der Waals surface area contributed by atoms with Crippen molar-refractivity contribution in [3.63, 3.8) is 0 Å². The van der Waals surface area contributed by atoms with Crippen LogP contribution in [0.25, 0.3) is 0 Å². The van der Waals surface area contributed by atoms with Gasteiger partial charge in [-0.05, 0) is 120 Å². The van der Waals surface area contributed by atoms with Crippen LogP contribution >= 0.6 is 0 Å². The predicted octanol–water partition coefficient (Wildman–Crippen LogP) is 4.54. The monoisotopic (exact) mass is 607 g/mol. The number of aliphatic hydroxyl groups is 1. The van der Waals surface area contributed by atoms with Gasteiger partial charge < -0.3 is 26.0 Å². The third-order valence-electron chi connectivity index (χ3n) is 8.85. The number of ketones is 1. The van der Waals surface area contributed by atoms with Crippen LogP contribution in [-0.4, -0.2) is 75.0 Å². The Morgan fingerprint density at radius 1 is 0.933 bits per heavy atom. The minimum absolute atomic E-state index is 0.121. The predicted molar refractivity (Wildman–Crippen MR) is 174 cm³/mol. The van der Waals surface area contributed by atoms with Crippen LogP contribution in [-0.2, 0) is 0 Å². The van der Waals surface area contributed by atoms with E-state index >= 15 is 0 Å². The molecule has 0 bridgehead atoms. The second-order valence-electron chi connectivity index (χ2n) is 12.6. The highest BCUT2D eigenvalue weighted by Gasteiger charge is 2.26. The molecule has 2 saturated carbocycles. The Balaban J connectivity index is 1.13. The van der Waals surface area contributed by atoms with Crippen LogP contribution in [0.1, 0.15) is 89.8 Å². The number of likely N-dealkylation sites (tertiary alicyclic amines) is 1. The highest BCUT2D eigenvalue weighted by Crippen LogP contribution is 2.33. The molecule has 10 heteroatoms. The summed E-state index contributed by atoms with van der Waals surface area (Å²) in [6.45, 7) is 1.91. The van der Waals surface area contributed by atoms with E-state index in [0.29, 0.717) is 40.9 Å². The molecule has 3 aliphatic rings. The van der Waals surface area contributed by atoms with Gasteiger partial charge in [-0.15, -0.1) is 0 Å². The lowest BCUT2D eigenvalue weighted by atomic mass is 9.93. The van der Waals surface area contributed by atoms with Gasteiger partial charge in [0.1, 0.15) is 17.1 Å². The van der Waals surface area contributed by atoms with Crippen molar-refractivity contribution < 1.29 is 14.7 Å². The number of hydrogen-bond donors (Lipinski definition) is 4. The Kier molecular flexibility index (Phi) is 9.67. The number of aromatic nitrogens is 3. The van der Waals surface area contributed by atoms with Gasteiger partial charge in [0.25, 0.3) is 5.91 Å². The van der Waals surface area contributed by atoms with Gasteiger partial charge in [-0.2, -0.15) is 4.98 Å². The molecule has 10 nitrogen and oxygen atoms in total. The molecule has 1 saturated heterocycles. The summed E-state index contributed by atoms with van der Waals surface area (Å²) in [5.74, 6) is 7.58. The Morgan fingerprint density at radius 2 is 1.69 bits per heavy atom. The lowest BCUT2D eigenvalue weighted by Gasteiger charge is -2.30. The summed E-state index contributed by atoms with van der Waals surface area (Å²) in [5.41, 5.74) is 3.24. The molecule has 2 aromatic heterocycles. The Morgan fingerprint density at radius 3 is 2.42 bits per heavy atom. The average molecular weight is 608 g/mol. The van der Waals surface area contributed by atoms with Crippen molar-refractivity contribution in [1.82, 2.24) is 25.2 Å². The molecule has 1 amide bonds. The van der Waals surface area contributed by atoms with Crippen molar-refractivity contribution in [1.29, 1.82) is 0 Å². The van der Waals surface area contributed by atoms with Gasteiger partial charge in [-0.25, -0.2) is 9.97 Å². The maximum Gasteiger partial charge on any atom is 0.256 e. The summed E-state index contributed by atoms with van der Waals surface area (Å²) in [5, 5.41) is 19.9. The summed E-state index contributed by atoms with van der Waals surface area (Å²) < 4.78 is 0. The van der Waals surface area contributed by atoms with Gasteiger partial charge in [0, 0.05) is 47.7 Å².